The molecule has 0 heterocycles. The van der Waals surface area contributed by atoms with Gasteiger partial charge >= 0.3 is 53.3 Å². The molecule has 0 saturated heterocycles. The van der Waals surface area contributed by atoms with E-state index in [-0.39, 0.29) is 0 Å². The van der Waals surface area contributed by atoms with Gasteiger partial charge in [0.15, 0.2) is 0 Å². The summed E-state index contributed by atoms with van der Waals surface area (Å²) in [5, 5.41) is 9.04. The zero-order valence-electron chi connectivity index (χ0n) is 16.1. The van der Waals surface area contributed by atoms with Crippen LogP contribution in [0.1, 0.15) is 13.3 Å². The lowest BCUT2D eigenvalue weighted by molar-refractivity contribution is -0.453. The van der Waals surface area contributed by atoms with Gasteiger partial charge in [-0.15, -0.1) is 0 Å². The van der Waals surface area contributed by atoms with Crippen molar-refractivity contribution in [3.05, 3.63) is 12.7 Å². The highest BCUT2D eigenvalue weighted by Crippen LogP contribution is 2.64. The third kappa shape index (κ3) is 4.75. The summed E-state index contributed by atoms with van der Waals surface area (Å²) in [6, 6.07) is 0. The van der Waals surface area contributed by atoms with Gasteiger partial charge in [-0.05, 0) is 0 Å². The summed E-state index contributed by atoms with van der Waals surface area (Å²) < 4.78 is 217. The Bertz CT molecular complexity index is 755. The molecule has 1 atom stereocenters. The molecule has 0 spiro atoms. The number of halogens is 16. The summed E-state index contributed by atoms with van der Waals surface area (Å²) in [7, 11) is 0. The first-order valence-electron chi connectivity index (χ1n) is 8.10. The van der Waals surface area contributed by atoms with Crippen LogP contribution in [0.15, 0.2) is 12.7 Å². The minimum absolute atomic E-state index is 0.312. The SMILES string of the molecule is C=CC(=O)OCC(O)CC(F)(F)C(F)(F)C(F)(F)C(F)(F)C(F)(F)C(F)(F)C(F)(F)C(C)(F)F. The van der Waals surface area contributed by atoms with Crippen LogP contribution in [-0.2, 0) is 9.53 Å². The van der Waals surface area contributed by atoms with Crippen molar-refractivity contribution in [2.24, 2.45) is 0 Å². The van der Waals surface area contributed by atoms with Crippen molar-refractivity contribution in [2.75, 3.05) is 6.61 Å². The molecule has 0 aliphatic rings. The number of alkyl halides is 16. The van der Waals surface area contributed by atoms with Crippen molar-refractivity contribution in [1.82, 2.24) is 0 Å². The third-order valence-electron chi connectivity index (χ3n) is 4.06. The molecule has 0 amide bonds. The summed E-state index contributed by atoms with van der Waals surface area (Å²) in [5.74, 6) is -63.4. The van der Waals surface area contributed by atoms with E-state index in [1.54, 1.807) is 0 Å². The zero-order valence-corrected chi connectivity index (χ0v) is 16.1. The molecule has 0 aromatic heterocycles. The van der Waals surface area contributed by atoms with Gasteiger partial charge in [0.2, 0.25) is 0 Å². The van der Waals surface area contributed by atoms with E-state index < -0.39 is 79.4 Å². The predicted molar refractivity (Wildman–Crippen MR) is 77.0 cm³/mol. The first-order chi connectivity index (χ1) is 14.6. The van der Waals surface area contributed by atoms with Gasteiger partial charge < -0.3 is 9.84 Å². The Balaban J connectivity index is 6.39. The van der Waals surface area contributed by atoms with Gasteiger partial charge in [0.25, 0.3) is 0 Å². The van der Waals surface area contributed by atoms with Crippen molar-refractivity contribution in [3.8, 4) is 0 Å². The molecule has 34 heavy (non-hydrogen) atoms. The second-order valence-corrected chi connectivity index (χ2v) is 6.73. The molecule has 0 aliphatic carbocycles. The molecular formula is C15H12F16O3. The molecule has 1 unspecified atom stereocenters. The molecule has 202 valence electrons. The number of esters is 1. The molecular weight excluding hydrogens is 532 g/mol. The molecule has 19 heteroatoms. The summed E-state index contributed by atoms with van der Waals surface area (Å²) >= 11 is 0. The summed E-state index contributed by atoms with van der Waals surface area (Å²) in [6.45, 7) is -0.196. The molecule has 0 aromatic carbocycles. The van der Waals surface area contributed by atoms with Gasteiger partial charge in [0, 0.05) is 19.4 Å². The van der Waals surface area contributed by atoms with Crippen molar-refractivity contribution < 1.29 is 84.9 Å². The molecule has 0 bridgehead atoms. The van der Waals surface area contributed by atoms with Gasteiger partial charge in [-0.3, -0.25) is 0 Å². The standard InChI is InChI=1S/C15H12F16O3/c1-3-7(33)34-5-6(32)4-9(18,19)11(22,23)13(26,27)15(30,31)14(28,29)12(24,25)10(20,21)8(2,16)17/h3,6,32H,1,4-5H2,2H3. The first kappa shape index (κ1) is 32.0. The maximum atomic E-state index is 13.6. The molecule has 1 N–H and O–H groups in total. The fourth-order valence-corrected chi connectivity index (χ4v) is 2.01. The molecule has 0 aliphatic heterocycles. The maximum absolute atomic E-state index is 13.6. The van der Waals surface area contributed by atoms with Gasteiger partial charge in [-0.2, -0.15) is 70.2 Å². The highest BCUT2D eigenvalue weighted by atomic mass is 19.4. The molecule has 0 aromatic rings. The highest BCUT2D eigenvalue weighted by molar-refractivity contribution is 5.81. The van der Waals surface area contributed by atoms with Gasteiger partial charge in [0.05, 0.1) is 6.10 Å². The summed E-state index contributed by atoms with van der Waals surface area (Å²) in [4.78, 5) is 10.7. The van der Waals surface area contributed by atoms with Crippen molar-refractivity contribution in [1.29, 1.82) is 0 Å². The van der Waals surface area contributed by atoms with E-state index in [4.69, 9.17) is 5.11 Å². The average molecular weight is 544 g/mol. The van der Waals surface area contributed by atoms with Crippen LogP contribution in [0.4, 0.5) is 70.2 Å². The van der Waals surface area contributed by atoms with Gasteiger partial charge in [0.1, 0.15) is 6.61 Å². The summed E-state index contributed by atoms with van der Waals surface area (Å²) in [6.07, 6.45) is -5.83. The van der Waals surface area contributed by atoms with Crippen molar-refractivity contribution in [3.63, 3.8) is 0 Å². The Morgan fingerprint density at radius 1 is 0.735 bits per heavy atom. The Kier molecular flexibility index (Phi) is 8.41. The van der Waals surface area contributed by atoms with E-state index in [2.05, 4.69) is 11.3 Å². The number of ether oxygens (including phenoxy) is 1. The molecule has 0 saturated carbocycles. The number of carbonyl (C=O) groups is 1. The third-order valence-corrected chi connectivity index (χ3v) is 4.06. The zero-order chi connectivity index (χ0) is 28.0. The van der Waals surface area contributed by atoms with Crippen LogP contribution < -0.4 is 0 Å². The average Bonchev–Trinajstić information content (AvgIpc) is 2.63. The second kappa shape index (κ2) is 8.92. The van der Waals surface area contributed by atoms with Crippen LogP contribution in [0, 0.1) is 0 Å². The van der Waals surface area contributed by atoms with E-state index in [9.17, 15) is 75.0 Å². The second-order valence-electron chi connectivity index (χ2n) is 6.73. The lowest BCUT2D eigenvalue weighted by Crippen LogP contribution is -2.74. The highest BCUT2D eigenvalue weighted by Gasteiger charge is 2.94. The van der Waals surface area contributed by atoms with Crippen LogP contribution >= 0.6 is 0 Å². The largest absolute Gasteiger partial charge is 0.460 e. The van der Waals surface area contributed by atoms with Crippen molar-refractivity contribution in [2.45, 2.75) is 66.8 Å². The first-order valence-corrected chi connectivity index (χ1v) is 8.10. The fraction of sp³-hybridized carbons (Fsp3) is 0.800. The van der Waals surface area contributed by atoms with E-state index >= 15 is 0 Å². The number of hydrogen-bond donors (Lipinski definition) is 1. The minimum Gasteiger partial charge on any atom is -0.460 e. The van der Waals surface area contributed by atoms with Gasteiger partial charge in [-0.1, -0.05) is 6.58 Å². The van der Waals surface area contributed by atoms with E-state index in [1.807, 2.05) is 0 Å². The van der Waals surface area contributed by atoms with E-state index in [1.165, 1.54) is 0 Å². The van der Waals surface area contributed by atoms with Crippen LogP contribution in [0.2, 0.25) is 0 Å². The molecule has 0 rings (SSSR count). The Morgan fingerprint density at radius 3 is 1.38 bits per heavy atom. The number of aliphatic hydroxyl groups is 1. The van der Waals surface area contributed by atoms with Crippen LogP contribution in [0.3, 0.4) is 0 Å². The molecule has 0 fully saturated rings. The van der Waals surface area contributed by atoms with Gasteiger partial charge in [-0.25, -0.2) is 4.79 Å². The lowest BCUT2D eigenvalue weighted by Gasteiger charge is -2.43. The van der Waals surface area contributed by atoms with E-state index in [0.717, 1.165) is 0 Å². The predicted octanol–water partition coefficient (Wildman–Crippen LogP) is 5.57. The quantitative estimate of drug-likeness (QED) is 0.199. The Labute approximate surface area is 178 Å². The van der Waals surface area contributed by atoms with Crippen LogP contribution in [0.5, 0.6) is 0 Å². The number of aliphatic hydroxyl groups excluding tert-OH is 1. The van der Waals surface area contributed by atoms with Crippen molar-refractivity contribution >= 4 is 5.97 Å². The number of rotatable bonds is 12. The monoisotopic (exact) mass is 544 g/mol. The van der Waals surface area contributed by atoms with E-state index in [0.29, 0.717) is 6.08 Å². The van der Waals surface area contributed by atoms with Crippen LogP contribution in [0.25, 0.3) is 0 Å². The number of hydrogen-bond acceptors (Lipinski definition) is 3. The smallest absolute Gasteiger partial charge is 0.384 e. The Morgan fingerprint density at radius 2 is 1.06 bits per heavy atom. The number of carbonyl (C=O) groups excluding carboxylic acids is 1. The maximum Gasteiger partial charge on any atom is 0.384 e. The summed E-state index contributed by atoms with van der Waals surface area (Å²) in [5.41, 5.74) is 0. The minimum atomic E-state index is -8.52. The topological polar surface area (TPSA) is 46.5 Å². The fourth-order valence-electron chi connectivity index (χ4n) is 2.01. The Hall–Kier alpha value is -1.95. The molecule has 3 nitrogen and oxygen atoms in total. The lowest BCUT2D eigenvalue weighted by atomic mass is 9.87. The normalized spacial score (nSPS) is 16.3. The molecule has 0 radical (unpaired) electrons. The van der Waals surface area contributed by atoms with Crippen LogP contribution in [-0.4, -0.2) is 71.2 Å².